The third-order valence-electron chi connectivity index (χ3n) is 4.45. The van der Waals surface area contributed by atoms with E-state index in [4.69, 9.17) is 4.74 Å². The third kappa shape index (κ3) is 6.21. The smallest absolute Gasteiger partial charge is 0.195 e. The second-order valence-corrected chi connectivity index (χ2v) is 7.92. The Balaban J connectivity index is 1.53. The molecule has 0 bridgehead atoms. The van der Waals surface area contributed by atoms with Crippen molar-refractivity contribution in [3.63, 3.8) is 0 Å². The molecule has 0 N–H and O–H groups in total. The van der Waals surface area contributed by atoms with Crippen molar-refractivity contribution in [1.29, 1.82) is 0 Å². The molecule has 2 aromatic carbocycles. The summed E-state index contributed by atoms with van der Waals surface area (Å²) in [6.07, 6.45) is 7.84. The van der Waals surface area contributed by atoms with Gasteiger partial charge < -0.3 is 4.74 Å². The van der Waals surface area contributed by atoms with Gasteiger partial charge in [-0.15, -0.1) is 11.3 Å². The van der Waals surface area contributed by atoms with E-state index in [0.717, 1.165) is 35.6 Å². The molecule has 3 heteroatoms. The maximum atomic E-state index is 12.5. The molecule has 0 saturated carbocycles. The molecule has 1 aromatic heterocycles. The third-order valence-corrected chi connectivity index (χ3v) is 5.55. The van der Waals surface area contributed by atoms with E-state index in [1.165, 1.54) is 23.3 Å². The fourth-order valence-corrected chi connectivity index (χ4v) is 3.84. The molecule has 1 heterocycles. The number of rotatable bonds is 10. The van der Waals surface area contributed by atoms with Gasteiger partial charge in [0.1, 0.15) is 5.75 Å². The molecular weight excluding hydrogens is 364 g/mol. The van der Waals surface area contributed by atoms with Crippen LogP contribution >= 0.6 is 11.3 Å². The van der Waals surface area contributed by atoms with Crippen LogP contribution < -0.4 is 4.74 Å². The molecule has 0 aliphatic heterocycles. The van der Waals surface area contributed by atoms with E-state index in [2.05, 4.69) is 19.1 Å². The Kier molecular flexibility index (Phi) is 7.62. The summed E-state index contributed by atoms with van der Waals surface area (Å²) in [4.78, 5) is 14.4. The lowest BCUT2D eigenvalue weighted by Gasteiger charge is -2.05. The van der Waals surface area contributed by atoms with Gasteiger partial charge in [-0.3, -0.25) is 4.79 Å². The van der Waals surface area contributed by atoms with Crippen molar-refractivity contribution >= 4 is 23.2 Å². The molecule has 28 heavy (non-hydrogen) atoms. The van der Waals surface area contributed by atoms with Crippen LogP contribution in [0.15, 0.2) is 72.8 Å². The molecule has 0 amide bonds. The van der Waals surface area contributed by atoms with E-state index in [1.807, 2.05) is 60.7 Å². The Morgan fingerprint density at radius 1 is 0.964 bits per heavy atom. The fourth-order valence-electron chi connectivity index (χ4n) is 2.87. The van der Waals surface area contributed by atoms with Crippen molar-refractivity contribution in [2.24, 2.45) is 0 Å². The van der Waals surface area contributed by atoms with Crippen molar-refractivity contribution in [2.45, 2.75) is 32.6 Å². The average Bonchev–Trinajstić information content (AvgIpc) is 3.20. The predicted molar refractivity (Wildman–Crippen MR) is 118 cm³/mol. The van der Waals surface area contributed by atoms with Crippen LogP contribution in [0.1, 0.15) is 51.9 Å². The summed E-state index contributed by atoms with van der Waals surface area (Å²) < 4.78 is 5.72. The lowest BCUT2D eigenvalue weighted by atomic mass is 10.1. The summed E-state index contributed by atoms with van der Waals surface area (Å²) >= 11 is 1.57. The molecule has 0 radical (unpaired) electrons. The molecule has 0 saturated heterocycles. The summed E-state index contributed by atoms with van der Waals surface area (Å²) in [7, 11) is 0. The van der Waals surface area contributed by atoms with Crippen molar-refractivity contribution in [2.75, 3.05) is 6.61 Å². The van der Waals surface area contributed by atoms with E-state index in [1.54, 1.807) is 17.4 Å². The maximum Gasteiger partial charge on any atom is 0.195 e. The highest BCUT2D eigenvalue weighted by Crippen LogP contribution is 2.21. The SMILES string of the molecule is CCCCCOc1ccc(/C=C/C(=O)c2ccc(Cc3ccccc3)s2)cc1. The van der Waals surface area contributed by atoms with Gasteiger partial charge in [0, 0.05) is 11.3 Å². The van der Waals surface area contributed by atoms with Crippen LogP contribution in [0, 0.1) is 0 Å². The average molecular weight is 391 g/mol. The first-order chi connectivity index (χ1) is 13.7. The Hall–Kier alpha value is -2.65. The number of hydrogen-bond donors (Lipinski definition) is 0. The summed E-state index contributed by atoms with van der Waals surface area (Å²) in [5, 5.41) is 0. The van der Waals surface area contributed by atoms with Crippen LogP contribution in [0.5, 0.6) is 5.75 Å². The van der Waals surface area contributed by atoms with Crippen LogP contribution in [-0.2, 0) is 6.42 Å². The molecule has 0 aliphatic rings. The predicted octanol–water partition coefficient (Wildman–Crippen LogP) is 6.80. The Morgan fingerprint density at radius 3 is 2.50 bits per heavy atom. The van der Waals surface area contributed by atoms with Gasteiger partial charge in [0.15, 0.2) is 5.78 Å². The number of ketones is 1. The first-order valence-electron chi connectivity index (χ1n) is 9.82. The molecule has 2 nitrogen and oxygen atoms in total. The van der Waals surface area contributed by atoms with Crippen molar-refractivity contribution in [3.05, 3.63) is 93.7 Å². The quantitative estimate of drug-likeness (QED) is 0.216. The summed E-state index contributed by atoms with van der Waals surface area (Å²) in [5.74, 6) is 0.924. The standard InChI is InChI=1S/C25H26O2S/c1-2-3-7-18-27-22-13-10-20(11-14-22)12-16-24(26)25-17-15-23(28-25)19-21-8-5-4-6-9-21/h4-6,8-17H,2-3,7,18-19H2,1H3/b16-12+. The molecule has 144 valence electrons. The summed E-state index contributed by atoms with van der Waals surface area (Å²) in [6, 6.07) is 22.2. The highest BCUT2D eigenvalue weighted by molar-refractivity contribution is 7.14. The van der Waals surface area contributed by atoms with Crippen LogP contribution in [0.4, 0.5) is 0 Å². The van der Waals surface area contributed by atoms with Crippen LogP contribution in [0.3, 0.4) is 0 Å². The number of benzene rings is 2. The maximum absolute atomic E-state index is 12.5. The van der Waals surface area contributed by atoms with Gasteiger partial charge in [0.2, 0.25) is 0 Å². The molecular formula is C25H26O2S. The fraction of sp³-hybridized carbons (Fsp3) is 0.240. The van der Waals surface area contributed by atoms with E-state index >= 15 is 0 Å². The highest BCUT2D eigenvalue weighted by Gasteiger charge is 2.07. The number of hydrogen-bond acceptors (Lipinski definition) is 3. The zero-order valence-electron chi connectivity index (χ0n) is 16.3. The van der Waals surface area contributed by atoms with Gasteiger partial charge in [-0.25, -0.2) is 0 Å². The molecule has 0 spiro atoms. The largest absolute Gasteiger partial charge is 0.494 e. The molecule has 0 fully saturated rings. The van der Waals surface area contributed by atoms with Gasteiger partial charge in [0.25, 0.3) is 0 Å². The number of ether oxygens (including phenoxy) is 1. The van der Waals surface area contributed by atoms with Crippen molar-refractivity contribution in [1.82, 2.24) is 0 Å². The molecule has 3 rings (SSSR count). The van der Waals surface area contributed by atoms with E-state index < -0.39 is 0 Å². The number of allylic oxidation sites excluding steroid dienone is 1. The monoisotopic (exact) mass is 390 g/mol. The Morgan fingerprint density at radius 2 is 1.75 bits per heavy atom. The number of unbranched alkanes of at least 4 members (excludes halogenated alkanes) is 2. The lowest BCUT2D eigenvalue weighted by Crippen LogP contribution is -1.96. The van der Waals surface area contributed by atoms with Crippen molar-refractivity contribution in [3.8, 4) is 5.75 Å². The zero-order valence-corrected chi connectivity index (χ0v) is 17.1. The molecule has 3 aromatic rings. The van der Waals surface area contributed by atoms with Gasteiger partial charge in [-0.2, -0.15) is 0 Å². The van der Waals surface area contributed by atoms with Crippen LogP contribution in [0.2, 0.25) is 0 Å². The van der Waals surface area contributed by atoms with Gasteiger partial charge >= 0.3 is 0 Å². The topological polar surface area (TPSA) is 26.3 Å². The minimum absolute atomic E-state index is 0.0456. The number of carbonyl (C=O) groups excluding carboxylic acids is 1. The minimum atomic E-state index is 0.0456. The second-order valence-electron chi connectivity index (χ2n) is 6.75. The van der Waals surface area contributed by atoms with Crippen LogP contribution in [-0.4, -0.2) is 12.4 Å². The zero-order chi connectivity index (χ0) is 19.6. The molecule has 0 aliphatic carbocycles. The normalized spacial score (nSPS) is 11.0. The van der Waals surface area contributed by atoms with Crippen LogP contribution in [0.25, 0.3) is 6.08 Å². The first kappa shape index (κ1) is 20.1. The Labute approximate surface area is 171 Å². The summed E-state index contributed by atoms with van der Waals surface area (Å²) in [5.41, 5.74) is 2.26. The van der Waals surface area contributed by atoms with Gasteiger partial charge in [-0.05, 0) is 47.9 Å². The lowest BCUT2D eigenvalue weighted by molar-refractivity contribution is 0.105. The minimum Gasteiger partial charge on any atom is -0.494 e. The van der Waals surface area contributed by atoms with E-state index in [9.17, 15) is 4.79 Å². The molecule has 0 atom stereocenters. The van der Waals surface area contributed by atoms with Gasteiger partial charge in [-0.1, -0.05) is 68.3 Å². The molecule has 0 unspecified atom stereocenters. The van der Waals surface area contributed by atoms with E-state index in [-0.39, 0.29) is 5.78 Å². The van der Waals surface area contributed by atoms with Gasteiger partial charge in [0.05, 0.1) is 11.5 Å². The first-order valence-corrected chi connectivity index (χ1v) is 10.6. The number of carbonyl (C=O) groups is 1. The summed E-state index contributed by atoms with van der Waals surface area (Å²) in [6.45, 7) is 2.94. The highest BCUT2D eigenvalue weighted by atomic mass is 32.1. The van der Waals surface area contributed by atoms with E-state index in [0.29, 0.717) is 0 Å². The second kappa shape index (κ2) is 10.6. The number of thiophene rings is 1. The van der Waals surface area contributed by atoms with Crippen molar-refractivity contribution < 1.29 is 9.53 Å². The Bertz CT molecular complexity index is 892.